The van der Waals surface area contributed by atoms with E-state index in [-0.39, 0.29) is 41.9 Å². The number of aromatic nitrogens is 1. The van der Waals surface area contributed by atoms with Gasteiger partial charge in [0.2, 0.25) is 0 Å². The van der Waals surface area contributed by atoms with Gasteiger partial charge in [0.15, 0.2) is 0 Å². The minimum atomic E-state index is 0. The Morgan fingerprint density at radius 3 is 1.07 bits per heavy atom. The molecule has 6 heteroatoms. The average Bonchev–Trinajstić information content (AvgIpc) is 2.98. The number of benzene rings is 2. The van der Waals surface area contributed by atoms with Crippen LogP contribution in [0.3, 0.4) is 0 Å². The van der Waals surface area contributed by atoms with E-state index in [2.05, 4.69) is 96.1 Å². The molecule has 0 fully saturated rings. The number of halogens is 2. The van der Waals surface area contributed by atoms with E-state index in [9.17, 15) is 0 Å². The number of pyridine rings is 1. The normalized spacial score (nSPS) is 11.4. The van der Waals surface area contributed by atoms with E-state index in [1.807, 2.05) is 0 Å². The number of nitrogens with zero attached hydrogens (tertiary/aromatic N) is 3. The Bertz CT molecular complexity index is 1140. The molecule has 0 N–H and O–H groups in total. The van der Waals surface area contributed by atoms with Gasteiger partial charge in [0.1, 0.15) is 0 Å². The van der Waals surface area contributed by atoms with Crippen LogP contribution in [0.15, 0.2) is 64.6 Å². The zero-order chi connectivity index (χ0) is 28.7. The van der Waals surface area contributed by atoms with Gasteiger partial charge < -0.3 is 24.8 Å². The van der Waals surface area contributed by atoms with Crippen LogP contribution < -0.4 is 24.8 Å². The molecule has 3 nitrogen and oxygen atoms in total. The molecule has 43 heavy (non-hydrogen) atoms. The Labute approximate surface area is 285 Å². The summed E-state index contributed by atoms with van der Waals surface area (Å²) in [6.07, 6.45) is 13.8. The molecule has 3 aromatic rings. The predicted octanol–water partition coefficient (Wildman–Crippen LogP) is 4.74. The van der Waals surface area contributed by atoms with E-state index in [0.717, 1.165) is 59.9 Å². The van der Waals surface area contributed by atoms with Gasteiger partial charge in [-0.1, -0.05) is 95.8 Å². The molecule has 0 saturated carbocycles. The summed E-state index contributed by atoms with van der Waals surface area (Å²) >= 11 is 0. The third-order valence-electron chi connectivity index (χ3n) is 7.65. The van der Waals surface area contributed by atoms with E-state index in [1.54, 1.807) is 0 Å². The Morgan fingerprint density at radius 1 is 0.512 bits per heavy atom. The molecule has 3 rings (SSSR count). The van der Waals surface area contributed by atoms with Gasteiger partial charge in [-0.05, 0) is 99.6 Å². The Hall–Kier alpha value is -1.97. The first kappa shape index (κ1) is 41.0. The number of para-hydroxylation sites is 2. The predicted molar refractivity (Wildman–Crippen MR) is 175 cm³/mol. The van der Waals surface area contributed by atoms with Crippen molar-refractivity contribution in [1.82, 2.24) is 4.98 Å². The van der Waals surface area contributed by atoms with Gasteiger partial charge in [-0.15, -0.1) is 0 Å². The van der Waals surface area contributed by atoms with Crippen LogP contribution in [0.25, 0.3) is 0 Å². The number of hydrogen-bond donors (Lipinski definition) is 0. The standard InChI is InChI=1S/C37H51N3.2ClH.Fe/c1-7-11-18-30-22-15-23-31(19-12-8-2)36(30)38-28(5)34-26-17-27-35(40-34)29(6)39-37-32(20-13-9-3)24-16-25-33(37)21-14-10-4;;;/h15-17,22-27H,7-14,18-21H2,1-6H3;2*1H;/q;;;+2/p-2. The maximum atomic E-state index is 5.23. The third kappa shape index (κ3) is 12.5. The van der Waals surface area contributed by atoms with Crippen molar-refractivity contribution in [3.8, 4) is 0 Å². The zero-order valence-electron chi connectivity index (χ0n) is 27.1. The quantitative estimate of drug-likeness (QED) is 0.161. The van der Waals surface area contributed by atoms with Crippen molar-refractivity contribution in [3.05, 3.63) is 88.2 Å². The molecule has 1 heterocycles. The van der Waals surface area contributed by atoms with Crippen LogP contribution in [-0.2, 0) is 42.8 Å². The van der Waals surface area contributed by atoms with Gasteiger partial charge in [-0.3, -0.25) is 9.98 Å². The first-order chi connectivity index (χ1) is 19.5. The summed E-state index contributed by atoms with van der Waals surface area (Å²) in [4.78, 5) is 15.5. The van der Waals surface area contributed by atoms with Gasteiger partial charge in [-0.25, -0.2) is 4.98 Å². The number of aryl methyl sites for hydroxylation is 4. The zero-order valence-corrected chi connectivity index (χ0v) is 29.7. The molecule has 0 unspecified atom stereocenters. The maximum absolute atomic E-state index is 5.23. The van der Waals surface area contributed by atoms with Crippen molar-refractivity contribution in [3.63, 3.8) is 0 Å². The minimum absolute atomic E-state index is 0. The Morgan fingerprint density at radius 2 is 0.791 bits per heavy atom. The van der Waals surface area contributed by atoms with Crippen molar-refractivity contribution in [2.75, 3.05) is 0 Å². The summed E-state index contributed by atoms with van der Waals surface area (Å²) in [6, 6.07) is 19.7. The molecule has 0 spiro atoms. The van der Waals surface area contributed by atoms with Crippen LogP contribution in [0.1, 0.15) is 127 Å². The van der Waals surface area contributed by atoms with Gasteiger partial charge in [-0.2, -0.15) is 0 Å². The smallest absolute Gasteiger partial charge is 1.00 e. The second kappa shape index (κ2) is 22.5. The summed E-state index contributed by atoms with van der Waals surface area (Å²) in [5, 5.41) is 0. The Balaban J connectivity index is 0.00000588. The van der Waals surface area contributed by atoms with Crippen molar-refractivity contribution in [1.29, 1.82) is 0 Å². The van der Waals surface area contributed by atoms with Crippen LogP contribution in [0.2, 0.25) is 0 Å². The summed E-state index contributed by atoms with van der Waals surface area (Å²) in [5.74, 6) is 0. The maximum Gasteiger partial charge on any atom is 2.00 e. The van der Waals surface area contributed by atoms with E-state index in [1.165, 1.54) is 73.6 Å². The van der Waals surface area contributed by atoms with Crippen molar-refractivity contribution in [2.45, 2.75) is 119 Å². The largest absolute Gasteiger partial charge is 2.00 e. The van der Waals surface area contributed by atoms with Gasteiger partial charge in [0, 0.05) is 0 Å². The fourth-order valence-electron chi connectivity index (χ4n) is 5.14. The molecule has 0 radical (unpaired) electrons. The van der Waals surface area contributed by atoms with Crippen molar-refractivity contribution in [2.24, 2.45) is 9.98 Å². The van der Waals surface area contributed by atoms with Crippen LogP contribution in [0.4, 0.5) is 11.4 Å². The minimum Gasteiger partial charge on any atom is -1.00 e. The molecule has 0 aliphatic rings. The molecule has 0 atom stereocenters. The fourth-order valence-corrected chi connectivity index (χ4v) is 5.14. The molecule has 236 valence electrons. The number of hydrogen-bond acceptors (Lipinski definition) is 3. The molecule has 1 aromatic heterocycles. The first-order valence-corrected chi connectivity index (χ1v) is 15.8. The average molecular weight is 665 g/mol. The summed E-state index contributed by atoms with van der Waals surface area (Å²) in [5.41, 5.74) is 11.5. The second-order valence-corrected chi connectivity index (χ2v) is 11.1. The second-order valence-electron chi connectivity index (χ2n) is 11.1. The molecule has 0 aliphatic carbocycles. The molecular weight excluding hydrogens is 613 g/mol. The monoisotopic (exact) mass is 663 g/mol. The van der Waals surface area contributed by atoms with Crippen molar-refractivity contribution < 1.29 is 41.9 Å². The van der Waals surface area contributed by atoms with E-state index >= 15 is 0 Å². The fraction of sp³-hybridized carbons (Fsp3) is 0.486. The van der Waals surface area contributed by atoms with E-state index < -0.39 is 0 Å². The third-order valence-corrected chi connectivity index (χ3v) is 7.65. The van der Waals surface area contributed by atoms with E-state index in [0.29, 0.717) is 0 Å². The number of aliphatic imine (C=N–C) groups is 2. The number of rotatable bonds is 16. The SMILES string of the molecule is CCCCc1cccc(CCCC)c1N=C(C)c1cccc(C(C)=Nc2c(CCCC)cccc2CCCC)n1.[Cl-].[Cl-].[Fe+2]. The summed E-state index contributed by atoms with van der Waals surface area (Å²) in [6.45, 7) is 13.2. The van der Waals surface area contributed by atoms with Crippen LogP contribution in [0.5, 0.6) is 0 Å². The van der Waals surface area contributed by atoms with Crippen LogP contribution >= 0.6 is 0 Å². The topological polar surface area (TPSA) is 37.6 Å². The van der Waals surface area contributed by atoms with Gasteiger partial charge >= 0.3 is 17.1 Å². The summed E-state index contributed by atoms with van der Waals surface area (Å²) in [7, 11) is 0. The van der Waals surface area contributed by atoms with Crippen molar-refractivity contribution >= 4 is 22.8 Å². The molecular formula is C37H51Cl2FeN3. The molecule has 0 amide bonds. The van der Waals surface area contributed by atoms with Crippen LogP contribution in [-0.4, -0.2) is 16.4 Å². The molecule has 2 aromatic carbocycles. The van der Waals surface area contributed by atoms with Gasteiger partial charge in [0.05, 0.1) is 34.2 Å². The van der Waals surface area contributed by atoms with Gasteiger partial charge in [0.25, 0.3) is 0 Å². The first-order valence-electron chi connectivity index (χ1n) is 15.8. The van der Waals surface area contributed by atoms with E-state index in [4.69, 9.17) is 15.0 Å². The van der Waals surface area contributed by atoms with Crippen LogP contribution in [0, 0.1) is 0 Å². The number of unbranched alkanes of at least 4 members (excludes halogenated alkanes) is 4. The molecule has 0 aliphatic heterocycles. The molecule has 0 bridgehead atoms. The summed E-state index contributed by atoms with van der Waals surface area (Å²) < 4.78 is 0. The molecule has 0 saturated heterocycles. The Kier molecular flexibility index (Phi) is 21.5.